The molecule has 1 saturated heterocycles. The van der Waals surface area contributed by atoms with E-state index in [-0.39, 0.29) is 6.03 Å². The van der Waals surface area contributed by atoms with E-state index < -0.39 is 21.9 Å². The van der Waals surface area contributed by atoms with Crippen LogP contribution in [0.2, 0.25) is 0 Å². The highest BCUT2D eigenvalue weighted by atomic mass is 32.2. The second-order valence-electron chi connectivity index (χ2n) is 9.35. The third-order valence-corrected chi connectivity index (χ3v) is 7.02. The van der Waals surface area contributed by atoms with E-state index in [4.69, 9.17) is 4.55 Å². The molecule has 3 aromatic rings. The summed E-state index contributed by atoms with van der Waals surface area (Å²) in [5.41, 5.74) is 2.35. The summed E-state index contributed by atoms with van der Waals surface area (Å²) in [6.07, 6.45) is -1.71. The SMILES string of the molecule is CS(=O)(=O)O.Cc1ccc(NC(=O)NCCCCN2CCN(c3csc4cc(C(F)(F)F)ccc34)CC2)cc1. The molecule has 39 heavy (non-hydrogen) atoms. The zero-order valence-electron chi connectivity index (χ0n) is 21.8. The first kappa shape index (κ1) is 30.7. The minimum absolute atomic E-state index is 0.192. The van der Waals surface area contributed by atoms with Crippen LogP contribution in [0, 0.1) is 6.92 Å². The molecule has 3 N–H and O–H groups in total. The molecular formula is C26H33F3N4O4S2. The number of urea groups is 1. The summed E-state index contributed by atoms with van der Waals surface area (Å²) in [6.45, 7) is 7.13. The molecule has 0 radical (unpaired) electrons. The molecule has 13 heteroatoms. The van der Waals surface area contributed by atoms with E-state index in [2.05, 4.69) is 20.4 Å². The molecule has 0 bridgehead atoms. The molecule has 2 amide bonds. The number of halogens is 3. The van der Waals surface area contributed by atoms with Crippen LogP contribution in [0.3, 0.4) is 0 Å². The van der Waals surface area contributed by atoms with E-state index in [0.717, 1.165) is 67.9 Å². The Bertz CT molecular complexity index is 1330. The molecule has 2 heterocycles. The summed E-state index contributed by atoms with van der Waals surface area (Å²) in [7, 11) is -3.67. The van der Waals surface area contributed by atoms with Gasteiger partial charge < -0.3 is 15.5 Å². The average Bonchev–Trinajstić information content (AvgIpc) is 3.27. The molecule has 0 atom stereocenters. The molecule has 1 aliphatic rings. The van der Waals surface area contributed by atoms with E-state index in [1.807, 2.05) is 36.6 Å². The van der Waals surface area contributed by atoms with Gasteiger partial charge in [0.15, 0.2) is 0 Å². The van der Waals surface area contributed by atoms with Crippen molar-refractivity contribution < 1.29 is 30.9 Å². The van der Waals surface area contributed by atoms with E-state index in [1.54, 1.807) is 6.07 Å². The van der Waals surface area contributed by atoms with Crippen LogP contribution in [0.5, 0.6) is 0 Å². The van der Waals surface area contributed by atoms with Crippen LogP contribution < -0.4 is 15.5 Å². The molecule has 1 aromatic heterocycles. The highest BCUT2D eigenvalue weighted by Gasteiger charge is 2.31. The maximum Gasteiger partial charge on any atom is 0.416 e. The van der Waals surface area contributed by atoms with Crippen LogP contribution in [-0.4, -0.2) is 69.4 Å². The van der Waals surface area contributed by atoms with Gasteiger partial charge in [-0.1, -0.05) is 23.8 Å². The largest absolute Gasteiger partial charge is 0.416 e. The number of amides is 2. The van der Waals surface area contributed by atoms with Gasteiger partial charge in [-0.15, -0.1) is 11.3 Å². The van der Waals surface area contributed by atoms with E-state index >= 15 is 0 Å². The normalized spacial score (nSPS) is 14.6. The standard InChI is InChI=1S/C25H29F3N4OS.CH4O3S/c1-18-4-7-20(8-5-18)30-24(33)29-10-2-3-11-31-12-14-32(15-13-31)22-17-34-23-16-19(25(26,27)28)6-9-21(22)23;1-5(2,3)4/h4-9,16-17H,2-3,10-15H2,1H3,(H2,29,30,33);1H3,(H,2,3,4). The van der Waals surface area contributed by atoms with Gasteiger partial charge in [-0.2, -0.15) is 21.6 Å². The fraction of sp³-hybridized carbons (Fsp3) is 0.423. The molecule has 0 unspecified atom stereocenters. The Morgan fingerprint density at radius 1 is 1.05 bits per heavy atom. The highest BCUT2D eigenvalue weighted by Crippen LogP contribution is 2.38. The van der Waals surface area contributed by atoms with Crippen molar-refractivity contribution in [2.45, 2.75) is 25.9 Å². The van der Waals surface area contributed by atoms with Crippen LogP contribution >= 0.6 is 11.3 Å². The zero-order valence-corrected chi connectivity index (χ0v) is 23.4. The number of piperazine rings is 1. The van der Waals surface area contributed by atoms with Gasteiger partial charge in [0.05, 0.1) is 17.5 Å². The van der Waals surface area contributed by atoms with Crippen molar-refractivity contribution in [3.8, 4) is 0 Å². The van der Waals surface area contributed by atoms with Crippen molar-refractivity contribution in [2.75, 3.05) is 55.7 Å². The fourth-order valence-corrected chi connectivity index (χ4v) is 5.13. The zero-order chi connectivity index (χ0) is 28.6. The lowest BCUT2D eigenvalue weighted by Gasteiger charge is -2.36. The first-order valence-corrected chi connectivity index (χ1v) is 15.1. The van der Waals surface area contributed by atoms with E-state index in [0.29, 0.717) is 17.5 Å². The number of carbonyl (C=O) groups excluding carboxylic acids is 1. The van der Waals surface area contributed by atoms with Gasteiger partial charge in [0, 0.05) is 53.9 Å². The quantitative estimate of drug-likeness (QED) is 0.251. The third kappa shape index (κ3) is 10.3. The van der Waals surface area contributed by atoms with Crippen LogP contribution in [-0.2, 0) is 16.3 Å². The molecule has 8 nitrogen and oxygen atoms in total. The number of fused-ring (bicyclic) bond motifs is 1. The smallest absolute Gasteiger partial charge is 0.368 e. The number of nitrogens with zero attached hydrogens (tertiary/aromatic N) is 2. The van der Waals surface area contributed by atoms with E-state index in [1.165, 1.54) is 23.5 Å². The second kappa shape index (κ2) is 13.5. The summed E-state index contributed by atoms with van der Waals surface area (Å²) in [5, 5.41) is 8.58. The maximum atomic E-state index is 13.0. The Morgan fingerprint density at radius 2 is 1.69 bits per heavy atom. The van der Waals surface area contributed by atoms with Crippen molar-refractivity contribution in [2.24, 2.45) is 0 Å². The summed E-state index contributed by atoms with van der Waals surface area (Å²) in [5.74, 6) is 0. The molecule has 1 fully saturated rings. The Labute approximate surface area is 230 Å². The molecule has 2 aromatic carbocycles. The number of benzene rings is 2. The number of nitrogens with one attached hydrogen (secondary N) is 2. The van der Waals surface area contributed by atoms with Crippen molar-refractivity contribution >= 4 is 48.9 Å². The number of hydrogen-bond donors (Lipinski definition) is 3. The summed E-state index contributed by atoms with van der Waals surface area (Å²) < 4.78 is 65.5. The van der Waals surface area contributed by atoms with Gasteiger partial charge in [-0.3, -0.25) is 9.45 Å². The fourth-order valence-electron chi connectivity index (χ4n) is 4.12. The van der Waals surface area contributed by atoms with Crippen molar-refractivity contribution in [1.82, 2.24) is 10.2 Å². The third-order valence-electron chi connectivity index (χ3n) is 6.09. The molecular weight excluding hydrogens is 553 g/mol. The predicted molar refractivity (Wildman–Crippen MR) is 150 cm³/mol. The van der Waals surface area contributed by atoms with Gasteiger partial charge in [0.1, 0.15) is 0 Å². The van der Waals surface area contributed by atoms with Crippen molar-refractivity contribution in [1.29, 1.82) is 0 Å². The average molecular weight is 587 g/mol. The lowest BCUT2D eigenvalue weighted by Crippen LogP contribution is -2.46. The monoisotopic (exact) mass is 586 g/mol. The number of anilines is 2. The summed E-state index contributed by atoms with van der Waals surface area (Å²) >= 11 is 1.37. The number of alkyl halides is 3. The first-order chi connectivity index (χ1) is 18.3. The number of rotatable bonds is 7. The van der Waals surface area contributed by atoms with Gasteiger partial charge in [-0.25, -0.2) is 4.79 Å². The predicted octanol–water partition coefficient (Wildman–Crippen LogP) is 5.46. The van der Waals surface area contributed by atoms with Gasteiger partial charge in [-0.05, 0) is 50.6 Å². The number of hydrogen-bond acceptors (Lipinski definition) is 6. The summed E-state index contributed by atoms with van der Waals surface area (Å²) in [4.78, 5) is 16.6. The van der Waals surface area contributed by atoms with Crippen LogP contribution in [0.4, 0.5) is 29.3 Å². The lowest BCUT2D eigenvalue weighted by atomic mass is 10.1. The Morgan fingerprint density at radius 3 is 2.31 bits per heavy atom. The molecule has 0 spiro atoms. The van der Waals surface area contributed by atoms with Gasteiger partial charge in [0.25, 0.3) is 10.1 Å². The number of carbonyl (C=O) groups is 1. The molecule has 0 saturated carbocycles. The van der Waals surface area contributed by atoms with Gasteiger partial charge >= 0.3 is 12.2 Å². The second-order valence-corrected chi connectivity index (χ2v) is 11.7. The minimum Gasteiger partial charge on any atom is -0.368 e. The molecule has 0 aliphatic carbocycles. The van der Waals surface area contributed by atoms with Crippen LogP contribution in [0.1, 0.15) is 24.0 Å². The first-order valence-electron chi connectivity index (χ1n) is 12.4. The summed E-state index contributed by atoms with van der Waals surface area (Å²) in [6, 6.07) is 11.5. The minimum atomic E-state index is -4.32. The molecule has 4 rings (SSSR count). The number of thiophene rings is 1. The highest BCUT2D eigenvalue weighted by molar-refractivity contribution is 7.85. The Kier molecular flexibility index (Phi) is 10.6. The topological polar surface area (TPSA) is 102 Å². The lowest BCUT2D eigenvalue weighted by molar-refractivity contribution is -0.137. The number of aryl methyl sites for hydroxylation is 1. The van der Waals surface area contributed by atoms with E-state index in [9.17, 15) is 26.4 Å². The molecule has 1 aliphatic heterocycles. The van der Waals surface area contributed by atoms with Crippen LogP contribution in [0.15, 0.2) is 47.8 Å². The molecule has 214 valence electrons. The Balaban J connectivity index is 0.000000771. The Hall–Kier alpha value is -2.87. The van der Waals surface area contributed by atoms with Crippen molar-refractivity contribution in [3.05, 3.63) is 59.0 Å². The number of unbranched alkanes of at least 4 members (excludes halogenated alkanes) is 1. The van der Waals surface area contributed by atoms with Crippen molar-refractivity contribution in [3.63, 3.8) is 0 Å². The van der Waals surface area contributed by atoms with Crippen LogP contribution in [0.25, 0.3) is 10.1 Å². The van der Waals surface area contributed by atoms with Gasteiger partial charge in [0.2, 0.25) is 0 Å². The maximum absolute atomic E-state index is 13.0.